The molecule has 3 heterocycles. The van der Waals surface area contributed by atoms with E-state index in [2.05, 4.69) is 26.9 Å². The minimum atomic E-state index is 0.0974. The third kappa shape index (κ3) is 5.71. The highest BCUT2D eigenvalue weighted by Crippen LogP contribution is 2.22. The summed E-state index contributed by atoms with van der Waals surface area (Å²) in [6, 6.07) is 17.9. The van der Waals surface area contributed by atoms with Crippen LogP contribution in [-0.4, -0.2) is 63.6 Å². The van der Waals surface area contributed by atoms with Gasteiger partial charge in [-0.3, -0.25) is 9.69 Å². The predicted molar refractivity (Wildman–Crippen MR) is 136 cm³/mol. The van der Waals surface area contributed by atoms with Gasteiger partial charge < -0.3 is 13.8 Å². The van der Waals surface area contributed by atoms with E-state index in [0.717, 1.165) is 56.7 Å². The summed E-state index contributed by atoms with van der Waals surface area (Å²) in [4.78, 5) is 26.3. The van der Waals surface area contributed by atoms with Gasteiger partial charge in [-0.1, -0.05) is 53.2 Å². The SMILES string of the molecule is Cc1ccc(-c2noc(CCCN3CCN(C(=O)Cc4nc(-c5ccccc5)oc4C)CC3)n2)cc1. The molecule has 5 rings (SSSR count). The first-order valence-corrected chi connectivity index (χ1v) is 12.5. The van der Waals surface area contributed by atoms with Gasteiger partial charge in [0.05, 0.1) is 12.1 Å². The molecule has 1 aliphatic heterocycles. The minimum Gasteiger partial charge on any atom is -0.441 e. The molecule has 1 amide bonds. The van der Waals surface area contributed by atoms with Gasteiger partial charge in [0.15, 0.2) is 0 Å². The van der Waals surface area contributed by atoms with E-state index >= 15 is 0 Å². The monoisotopic (exact) mass is 485 g/mol. The molecular formula is C28H31N5O3. The summed E-state index contributed by atoms with van der Waals surface area (Å²) in [5.41, 5.74) is 3.80. The van der Waals surface area contributed by atoms with Crippen LogP contribution in [0.3, 0.4) is 0 Å². The molecule has 1 aliphatic rings. The lowest BCUT2D eigenvalue weighted by atomic mass is 10.1. The third-order valence-corrected chi connectivity index (χ3v) is 6.60. The van der Waals surface area contributed by atoms with E-state index in [1.54, 1.807) is 0 Å². The molecule has 8 nitrogen and oxygen atoms in total. The van der Waals surface area contributed by atoms with Gasteiger partial charge in [-0.25, -0.2) is 4.98 Å². The van der Waals surface area contributed by atoms with Crippen molar-refractivity contribution in [2.75, 3.05) is 32.7 Å². The molecule has 0 atom stereocenters. The molecule has 0 saturated carbocycles. The molecule has 0 aliphatic carbocycles. The summed E-state index contributed by atoms with van der Waals surface area (Å²) in [6.45, 7) is 8.02. The van der Waals surface area contributed by atoms with Crippen LogP contribution in [0.4, 0.5) is 0 Å². The predicted octanol–water partition coefficient (Wildman–Crippen LogP) is 4.33. The van der Waals surface area contributed by atoms with Gasteiger partial charge in [0.2, 0.25) is 23.5 Å². The average molecular weight is 486 g/mol. The Morgan fingerprint density at radius 1 is 0.917 bits per heavy atom. The molecule has 4 aromatic rings. The van der Waals surface area contributed by atoms with Gasteiger partial charge in [-0.2, -0.15) is 4.98 Å². The molecule has 1 saturated heterocycles. The molecule has 0 spiro atoms. The number of hydrogen-bond acceptors (Lipinski definition) is 7. The standard InChI is InChI=1S/C28H31N5O3/c1-20-10-12-22(13-11-20)27-30-25(36-31-27)9-6-14-32-15-17-33(18-16-32)26(34)19-24-21(2)35-28(29-24)23-7-4-3-5-8-23/h3-5,7-8,10-13H,6,9,14-19H2,1-2H3. The lowest BCUT2D eigenvalue weighted by molar-refractivity contribution is -0.132. The van der Waals surface area contributed by atoms with Crippen molar-refractivity contribution in [1.82, 2.24) is 24.9 Å². The fourth-order valence-electron chi connectivity index (χ4n) is 4.40. The third-order valence-electron chi connectivity index (χ3n) is 6.60. The fourth-order valence-corrected chi connectivity index (χ4v) is 4.40. The highest BCUT2D eigenvalue weighted by atomic mass is 16.5. The van der Waals surface area contributed by atoms with Crippen molar-refractivity contribution < 1.29 is 13.7 Å². The number of hydrogen-bond donors (Lipinski definition) is 0. The maximum absolute atomic E-state index is 12.9. The molecule has 186 valence electrons. The first-order chi connectivity index (χ1) is 17.5. The van der Waals surface area contributed by atoms with Gasteiger partial charge in [0.1, 0.15) is 5.76 Å². The largest absolute Gasteiger partial charge is 0.441 e. The summed E-state index contributed by atoms with van der Waals surface area (Å²) >= 11 is 0. The maximum atomic E-state index is 12.9. The summed E-state index contributed by atoms with van der Waals surface area (Å²) in [5, 5.41) is 4.11. The Kier molecular flexibility index (Phi) is 7.23. The number of benzene rings is 2. The molecule has 0 unspecified atom stereocenters. The van der Waals surface area contributed by atoms with Gasteiger partial charge in [-0.05, 0) is 38.9 Å². The van der Waals surface area contributed by atoms with Crippen molar-refractivity contribution in [2.24, 2.45) is 0 Å². The highest BCUT2D eigenvalue weighted by Gasteiger charge is 2.23. The Morgan fingerprint density at radius 2 is 1.67 bits per heavy atom. The van der Waals surface area contributed by atoms with Crippen molar-refractivity contribution in [3.05, 3.63) is 77.5 Å². The fraction of sp³-hybridized carbons (Fsp3) is 0.357. The molecular weight excluding hydrogens is 454 g/mol. The van der Waals surface area contributed by atoms with E-state index in [1.807, 2.05) is 66.4 Å². The lowest BCUT2D eigenvalue weighted by Gasteiger charge is -2.34. The van der Waals surface area contributed by atoms with Gasteiger partial charge in [0.25, 0.3) is 0 Å². The van der Waals surface area contributed by atoms with Gasteiger partial charge in [0, 0.05) is 43.7 Å². The highest BCUT2D eigenvalue weighted by molar-refractivity contribution is 5.78. The van der Waals surface area contributed by atoms with E-state index in [0.29, 0.717) is 29.1 Å². The van der Waals surface area contributed by atoms with Gasteiger partial charge in [-0.15, -0.1) is 0 Å². The topological polar surface area (TPSA) is 88.5 Å². The number of amides is 1. The number of carbonyl (C=O) groups excluding carboxylic acids is 1. The van der Waals surface area contributed by atoms with Crippen LogP contribution in [0.1, 0.15) is 29.3 Å². The minimum absolute atomic E-state index is 0.0974. The maximum Gasteiger partial charge on any atom is 0.228 e. The smallest absolute Gasteiger partial charge is 0.228 e. The van der Waals surface area contributed by atoms with Crippen molar-refractivity contribution in [1.29, 1.82) is 0 Å². The molecule has 0 bridgehead atoms. The first kappa shape index (κ1) is 23.9. The van der Waals surface area contributed by atoms with Crippen LogP contribution >= 0.6 is 0 Å². The Morgan fingerprint density at radius 3 is 2.42 bits per heavy atom. The molecule has 2 aromatic carbocycles. The molecule has 36 heavy (non-hydrogen) atoms. The Bertz CT molecular complexity index is 1290. The Balaban J connectivity index is 1.06. The molecule has 0 N–H and O–H groups in total. The molecule has 8 heteroatoms. The van der Waals surface area contributed by atoms with E-state index in [4.69, 9.17) is 8.94 Å². The van der Waals surface area contributed by atoms with E-state index in [-0.39, 0.29) is 12.3 Å². The second kappa shape index (κ2) is 10.9. The average Bonchev–Trinajstić information content (AvgIpc) is 3.52. The Labute approximate surface area is 210 Å². The molecule has 1 fully saturated rings. The summed E-state index contributed by atoms with van der Waals surface area (Å²) in [6.07, 6.45) is 1.94. The first-order valence-electron chi connectivity index (χ1n) is 12.5. The van der Waals surface area contributed by atoms with Crippen LogP contribution in [0.5, 0.6) is 0 Å². The normalized spacial score (nSPS) is 14.3. The lowest BCUT2D eigenvalue weighted by Crippen LogP contribution is -2.49. The van der Waals surface area contributed by atoms with Crippen molar-refractivity contribution in [3.8, 4) is 22.8 Å². The second-order valence-electron chi connectivity index (χ2n) is 9.27. The van der Waals surface area contributed by atoms with Crippen LogP contribution in [0.2, 0.25) is 0 Å². The number of aromatic nitrogens is 3. The quantitative estimate of drug-likeness (QED) is 0.367. The summed E-state index contributed by atoms with van der Waals surface area (Å²) < 4.78 is 11.2. The zero-order chi connectivity index (χ0) is 24.9. The Hall–Kier alpha value is -3.78. The van der Waals surface area contributed by atoms with Crippen LogP contribution in [0, 0.1) is 13.8 Å². The van der Waals surface area contributed by atoms with Crippen LogP contribution < -0.4 is 0 Å². The molecule has 0 radical (unpaired) electrons. The van der Waals surface area contributed by atoms with Crippen LogP contribution in [0.15, 0.2) is 63.5 Å². The zero-order valence-electron chi connectivity index (χ0n) is 20.8. The van der Waals surface area contributed by atoms with Crippen LogP contribution in [0.25, 0.3) is 22.8 Å². The second-order valence-corrected chi connectivity index (χ2v) is 9.27. The van der Waals surface area contributed by atoms with Gasteiger partial charge >= 0.3 is 0 Å². The number of carbonyl (C=O) groups is 1. The van der Waals surface area contributed by atoms with Crippen molar-refractivity contribution >= 4 is 5.91 Å². The van der Waals surface area contributed by atoms with E-state index in [9.17, 15) is 4.79 Å². The number of piperazine rings is 1. The van der Waals surface area contributed by atoms with E-state index < -0.39 is 0 Å². The summed E-state index contributed by atoms with van der Waals surface area (Å²) in [7, 11) is 0. The molecule has 2 aromatic heterocycles. The number of rotatable bonds is 8. The van der Waals surface area contributed by atoms with E-state index in [1.165, 1.54) is 5.56 Å². The van der Waals surface area contributed by atoms with Crippen molar-refractivity contribution in [2.45, 2.75) is 33.1 Å². The number of oxazole rings is 1. The zero-order valence-corrected chi connectivity index (χ0v) is 20.8. The van der Waals surface area contributed by atoms with Crippen molar-refractivity contribution in [3.63, 3.8) is 0 Å². The van der Waals surface area contributed by atoms with Crippen LogP contribution in [-0.2, 0) is 17.6 Å². The summed E-state index contributed by atoms with van der Waals surface area (Å²) in [5.74, 6) is 2.66. The number of nitrogens with zero attached hydrogens (tertiary/aromatic N) is 5. The number of aryl methyl sites for hydroxylation is 3.